The highest BCUT2D eigenvalue weighted by atomic mass is 79.9. The van der Waals surface area contributed by atoms with Gasteiger partial charge >= 0.3 is 0 Å². The molecule has 1 N–H and O–H groups in total. The molecule has 1 atom stereocenters. The molecule has 0 aliphatic carbocycles. The van der Waals surface area contributed by atoms with Crippen molar-refractivity contribution in [3.05, 3.63) is 57.8 Å². The van der Waals surface area contributed by atoms with Crippen LogP contribution in [0.1, 0.15) is 17.2 Å². The largest absolute Gasteiger partial charge is 0.457 e. The van der Waals surface area contributed by atoms with E-state index in [4.69, 9.17) is 4.42 Å². The lowest BCUT2D eigenvalue weighted by Crippen LogP contribution is -2.17. The van der Waals surface area contributed by atoms with Crippen LogP contribution in [0.25, 0.3) is 10.1 Å². The fourth-order valence-corrected chi connectivity index (χ4v) is 3.65. The van der Waals surface area contributed by atoms with Gasteiger partial charge in [-0.05, 0) is 51.4 Å². The average Bonchev–Trinajstić information content (AvgIpc) is 3.00. The van der Waals surface area contributed by atoms with Gasteiger partial charge in [-0.3, -0.25) is 0 Å². The lowest BCUT2D eigenvalue weighted by molar-refractivity contribution is 0.530. The standard InChI is InChI=1S/C14H12BrNOS/c1-16-12(11-5-7-17-14(11)15)10-4-2-3-9-6-8-18-13(9)10/h2-8,12,16H,1H3. The molecule has 0 saturated carbocycles. The van der Waals surface area contributed by atoms with E-state index in [0.717, 1.165) is 10.2 Å². The van der Waals surface area contributed by atoms with Crippen molar-refractivity contribution in [2.24, 2.45) is 0 Å². The Morgan fingerprint density at radius 3 is 2.83 bits per heavy atom. The molecular weight excluding hydrogens is 310 g/mol. The minimum absolute atomic E-state index is 0.139. The van der Waals surface area contributed by atoms with Crippen LogP contribution in [0.15, 0.2) is 51.1 Å². The van der Waals surface area contributed by atoms with Crippen LogP contribution in [0.2, 0.25) is 0 Å². The normalized spacial score (nSPS) is 13.0. The first-order valence-electron chi connectivity index (χ1n) is 5.67. The number of halogens is 1. The van der Waals surface area contributed by atoms with Crippen molar-refractivity contribution >= 4 is 37.4 Å². The Morgan fingerprint density at radius 1 is 1.22 bits per heavy atom. The first kappa shape index (κ1) is 12.0. The summed E-state index contributed by atoms with van der Waals surface area (Å²) >= 11 is 5.23. The Kier molecular flexibility index (Phi) is 3.24. The Hall–Kier alpha value is -1.10. The zero-order valence-electron chi connectivity index (χ0n) is 9.81. The Bertz CT molecular complexity index is 673. The first-order valence-corrected chi connectivity index (χ1v) is 7.35. The third-order valence-corrected chi connectivity index (χ3v) is 4.69. The van der Waals surface area contributed by atoms with Crippen LogP contribution in [0.4, 0.5) is 0 Å². The monoisotopic (exact) mass is 321 g/mol. The van der Waals surface area contributed by atoms with E-state index in [9.17, 15) is 0 Å². The molecule has 4 heteroatoms. The Labute approximate surface area is 118 Å². The van der Waals surface area contributed by atoms with Crippen molar-refractivity contribution < 1.29 is 4.42 Å². The van der Waals surface area contributed by atoms with Gasteiger partial charge in [-0.25, -0.2) is 0 Å². The fourth-order valence-electron chi connectivity index (χ4n) is 2.23. The van der Waals surface area contributed by atoms with Gasteiger partial charge in [0.1, 0.15) is 0 Å². The average molecular weight is 322 g/mol. The van der Waals surface area contributed by atoms with Gasteiger partial charge in [0, 0.05) is 10.3 Å². The van der Waals surface area contributed by atoms with Crippen LogP contribution in [-0.4, -0.2) is 7.05 Å². The van der Waals surface area contributed by atoms with Crippen molar-refractivity contribution in [1.82, 2.24) is 5.32 Å². The molecule has 2 aromatic heterocycles. The summed E-state index contributed by atoms with van der Waals surface area (Å²) in [5.74, 6) is 0. The second-order valence-corrected chi connectivity index (χ2v) is 5.69. The van der Waals surface area contributed by atoms with E-state index in [1.807, 2.05) is 13.1 Å². The van der Waals surface area contributed by atoms with E-state index in [-0.39, 0.29) is 6.04 Å². The molecule has 3 aromatic rings. The molecule has 2 nitrogen and oxygen atoms in total. The van der Waals surface area contributed by atoms with E-state index < -0.39 is 0 Å². The van der Waals surface area contributed by atoms with Crippen molar-refractivity contribution in [3.63, 3.8) is 0 Å². The summed E-state index contributed by atoms with van der Waals surface area (Å²) in [7, 11) is 1.97. The Balaban J connectivity index is 2.17. The molecule has 1 unspecified atom stereocenters. The van der Waals surface area contributed by atoms with Crippen LogP contribution in [0.3, 0.4) is 0 Å². The highest BCUT2D eigenvalue weighted by Gasteiger charge is 2.19. The van der Waals surface area contributed by atoms with Crippen molar-refractivity contribution in [2.75, 3.05) is 7.05 Å². The summed E-state index contributed by atoms with van der Waals surface area (Å²) in [6.07, 6.45) is 1.71. The molecule has 18 heavy (non-hydrogen) atoms. The second kappa shape index (κ2) is 4.88. The molecule has 92 valence electrons. The molecular formula is C14H12BrNOS. The molecule has 0 amide bonds. The van der Waals surface area contributed by atoms with Gasteiger partial charge < -0.3 is 9.73 Å². The van der Waals surface area contributed by atoms with E-state index in [2.05, 4.69) is 50.9 Å². The quantitative estimate of drug-likeness (QED) is 0.764. The molecule has 0 fully saturated rings. The molecule has 3 rings (SSSR count). The van der Waals surface area contributed by atoms with Crippen LogP contribution >= 0.6 is 27.3 Å². The second-order valence-electron chi connectivity index (χ2n) is 4.06. The summed E-state index contributed by atoms with van der Waals surface area (Å²) in [5, 5.41) is 6.78. The maximum atomic E-state index is 5.34. The van der Waals surface area contributed by atoms with Gasteiger partial charge in [0.15, 0.2) is 4.67 Å². The predicted molar refractivity (Wildman–Crippen MR) is 79.1 cm³/mol. The molecule has 1 aromatic carbocycles. The Morgan fingerprint density at radius 2 is 2.11 bits per heavy atom. The van der Waals surface area contributed by atoms with E-state index in [0.29, 0.717) is 0 Å². The molecule has 2 heterocycles. The highest BCUT2D eigenvalue weighted by molar-refractivity contribution is 9.10. The van der Waals surface area contributed by atoms with Crippen LogP contribution in [-0.2, 0) is 0 Å². The molecule has 0 saturated heterocycles. The van der Waals surface area contributed by atoms with Gasteiger partial charge in [-0.2, -0.15) is 0 Å². The van der Waals surface area contributed by atoms with Gasteiger partial charge in [0.25, 0.3) is 0 Å². The molecule has 0 aliphatic rings. The minimum atomic E-state index is 0.139. The third-order valence-electron chi connectivity index (χ3n) is 3.07. The maximum absolute atomic E-state index is 5.34. The zero-order valence-corrected chi connectivity index (χ0v) is 12.2. The number of thiophene rings is 1. The summed E-state index contributed by atoms with van der Waals surface area (Å²) in [5.41, 5.74) is 2.41. The summed E-state index contributed by atoms with van der Waals surface area (Å²) in [6, 6.07) is 10.7. The number of benzene rings is 1. The van der Waals surface area contributed by atoms with Gasteiger partial charge in [-0.1, -0.05) is 18.2 Å². The number of rotatable bonds is 3. The first-order chi connectivity index (χ1) is 8.81. The van der Waals surface area contributed by atoms with Crippen LogP contribution in [0.5, 0.6) is 0 Å². The lowest BCUT2D eigenvalue weighted by atomic mass is 10.0. The topological polar surface area (TPSA) is 25.2 Å². The number of fused-ring (bicyclic) bond motifs is 1. The number of furan rings is 1. The lowest BCUT2D eigenvalue weighted by Gasteiger charge is -2.16. The highest BCUT2D eigenvalue weighted by Crippen LogP contribution is 2.35. The van der Waals surface area contributed by atoms with Gasteiger partial charge in [0.05, 0.1) is 12.3 Å². The number of nitrogens with one attached hydrogen (secondary N) is 1. The van der Waals surface area contributed by atoms with Gasteiger partial charge in [-0.15, -0.1) is 11.3 Å². The zero-order chi connectivity index (χ0) is 12.5. The van der Waals surface area contributed by atoms with Crippen molar-refractivity contribution in [2.45, 2.75) is 6.04 Å². The predicted octanol–water partition coefficient (Wildman–Crippen LogP) is 4.57. The van der Waals surface area contributed by atoms with Crippen molar-refractivity contribution in [1.29, 1.82) is 0 Å². The van der Waals surface area contributed by atoms with Crippen molar-refractivity contribution in [3.8, 4) is 0 Å². The number of hydrogen-bond donors (Lipinski definition) is 1. The summed E-state index contributed by atoms with van der Waals surface area (Å²) in [6.45, 7) is 0. The van der Waals surface area contributed by atoms with Crippen LogP contribution in [0, 0.1) is 0 Å². The van der Waals surface area contributed by atoms with E-state index >= 15 is 0 Å². The van der Waals surface area contributed by atoms with E-state index in [1.54, 1.807) is 17.6 Å². The van der Waals surface area contributed by atoms with Gasteiger partial charge in [0.2, 0.25) is 0 Å². The fraction of sp³-hybridized carbons (Fsp3) is 0.143. The third kappa shape index (κ3) is 1.90. The SMILES string of the molecule is CNC(c1ccoc1Br)c1cccc2ccsc12. The van der Waals surface area contributed by atoms with E-state index in [1.165, 1.54) is 15.6 Å². The molecule has 0 bridgehead atoms. The number of hydrogen-bond acceptors (Lipinski definition) is 3. The smallest absolute Gasteiger partial charge is 0.174 e. The minimum Gasteiger partial charge on any atom is -0.457 e. The molecule has 0 radical (unpaired) electrons. The molecule has 0 aliphatic heterocycles. The van der Waals surface area contributed by atoms with Crippen LogP contribution < -0.4 is 5.32 Å². The molecule has 0 spiro atoms. The maximum Gasteiger partial charge on any atom is 0.174 e. The summed E-state index contributed by atoms with van der Waals surface area (Å²) in [4.78, 5) is 0. The summed E-state index contributed by atoms with van der Waals surface area (Å²) < 4.78 is 7.45.